The van der Waals surface area contributed by atoms with Gasteiger partial charge >= 0.3 is 0 Å². The smallest absolute Gasteiger partial charge is 0.265 e. The lowest BCUT2D eigenvalue weighted by Gasteiger charge is -2.30. The van der Waals surface area contributed by atoms with Gasteiger partial charge in [0.15, 0.2) is 5.82 Å². The highest BCUT2D eigenvalue weighted by atomic mass is 32.2. The van der Waals surface area contributed by atoms with Gasteiger partial charge < -0.3 is 14.6 Å². The van der Waals surface area contributed by atoms with Crippen LogP contribution in [0.5, 0.6) is 5.75 Å². The zero-order valence-electron chi connectivity index (χ0n) is 20.1. The predicted octanol–water partition coefficient (Wildman–Crippen LogP) is 4.48. The SMILES string of the molecule is COc1ccc(C(=O)NC2(c3noc(C)n3)CCCCCC2)cc1S(=O)(=O)Nc1ccc(C)cc1. The average Bonchev–Trinajstić information content (AvgIpc) is 3.15. The number of rotatable bonds is 7. The van der Waals surface area contributed by atoms with E-state index in [1.807, 2.05) is 19.1 Å². The number of hydrogen-bond donors (Lipinski definition) is 2. The van der Waals surface area contributed by atoms with Gasteiger partial charge in [-0.1, -0.05) is 48.5 Å². The van der Waals surface area contributed by atoms with Gasteiger partial charge in [0.25, 0.3) is 15.9 Å². The molecule has 2 N–H and O–H groups in total. The maximum Gasteiger partial charge on any atom is 0.265 e. The molecule has 2 aromatic carbocycles. The first kappa shape index (κ1) is 24.7. The number of carbonyl (C=O) groups is 1. The van der Waals surface area contributed by atoms with E-state index in [2.05, 4.69) is 20.2 Å². The highest BCUT2D eigenvalue weighted by molar-refractivity contribution is 7.92. The Kier molecular flexibility index (Phi) is 7.11. The number of methoxy groups -OCH3 is 1. The molecule has 3 aromatic rings. The van der Waals surface area contributed by atoms with Gasteiger partial charge in [-0.2, -0.15) is 4.98 Å². The molecule has 4 rings (SSSR count). The van der Waals surface area contributed by atoms with Gasteiger partial charge in [0.05, 0.1) is 7.11 Å². The summed E-state index contributed by atoms with van der Waals surface area (Å²) in [5.41, 5.74) is 0.842. The first-order valence-electron chi connectivity index (χ1n) is 11.6. The number of ether oxygens (including phenoxy) is 1. The molecule has 9 nitrogen and oxygen atoms in total. The lowest BCUT2D eigenvalue weighted by atomic mass is 9.88. The van der Waals surface area contributed by atoms with Crippen LogP contribution in [0.15, 0.2) is 51.9 Å². The van der Waals surface area contributed by atoms with Crippen LogP contribution in [0.2, 0.25) is 0 Å². The van der Waals surface area contributed by atoms with Crippen molar-refractivity contribution in [3.63, 3.8) is 0 Å². The van der Waals surface area contributed by atoms with Crippen LogP contribution >= 0.6 is 0 Å². The topological polar surface area (TPSA) is 123 Å². The molecule has 10 heteroatoms. The van der Waals surface area contributed by atoms with Crippen molar-refractivity contribution in [2.24, 2.45) is 0 Å². The van der Waals surface area contributed by atoms with Gasteiger partial charge in [-0.15, -0.1) is 0 Å². The summed E-state index contributed by atoms with van der Waals surface area (Å²) in [4.78, 5) is 17.7. The molecule has 0 bridgehead atoms. The first-order chi connectivity index (χ1) is 16.7. The molecule has 1 aliphatic rings. The first-order valence-corrected chi connectivity index (χ1v) is 13.1. The normalized spacial score (nSPS) is 15.7. The van der Waals surface area contributed by atoms with Gasteiger partial charge in [0.1, 0.15) is 16.2 Å². The van der Waals surface area contributed by atoms with Crippen molar-refractivity contribution in [3.8, 4) is 5.75 Å². The van der Waals surface area contributed by atoms with Crippen LogP contribution in [0.25, 0.3) is 0 Å². The van der Waals surface area contributed by atoms with Gasteiger partial charge in [-0.05, 0) is 50.1 Å². The van der Waals surface area contributed by atoms with E-state index >= 15 is 0 Å². The zero-order valence-corrected chi connectivity index (χ0v) is 20.9. The third kappa shape index (κ3) is 5.48. The summed E-state index contributed by atoms with van der Waals surface area (Å²) < 4.78 is 39.5. The summed E-state index contributed by atoms with van der Waals surface area (Å²) in [6, 6.07) is 11.3. The van der Waals surface area contributed by atoms with E-state index in [1.54, 1.807) is 25.1 Å². The van der Waals surface area contributed by atoms with Crippen molar-refractivity contribution < 1.29 is 22.5 Å². The molecule has 0 radical (unpaired) electrons. The molecule has 0 spiro atoms. The van der Waals surface area contributed by atoms with Crippen molar-refractivity contribution in [3.05, 3.63) is 65.3 Å². The van der Waals surface area contributed by atoms with Crippen LogP contribution in [0, 0.1) is 13.8 Å². The summed E-state index contributed by atoms with van der Waals surface area (Å²) in [6.45, 7) is 3.63. The third-order valence-electron chi connectivity index (χ3n) is 6.28. The molecule has 1 aromatic heterocycles. The summed E-state index contributed by atoms with van der Waals surface area (Å²) in [7, 11) is -2.63. The van der Waals surface area contributed by atoms with Crippen molar-refractivity contribution in [2.75, 3.05) is 11.8 Å². The Morgan fingerprint density at radius 1 is 1.03 bits per heavy atom. The minimum atomic E-state index is -4.02. The number of carbonyl (C=O) groups excluding carboxylic acids is 1. The minimum Gasteiger partial charge on any atom is -0.495 e. The fourth-order valence-electron chi connectivity index (χ4n) is 4.38. The van der Waals surface area contributed by atoms with Gasteiger partial charge in [-0.3, -0.25) is 9.52 Å². The number of nitrogens with one attached hydrogen (secondary N) is 2. The average molecular weight is 499 g/mol. The summed E-state index contributed by atoms with van der Waals surface area (Å²) in [5, 5.41) is 7.22. The molecular weight excluding hydrogens is 468 g/mol. The minimum absolute atomic E-state index is 0.126. The Bertz CT molecular complexity index is 1290. The Hall–Kier alpha value is -3.40. The van der Waals surface area contributed by atoms with Crippen LogP contribution in [0.1, 0.15) is 66.2 Å². The number of nitrogens with zero attached hydrogens (tertiary/aromatic N) is 2. The second-order valence-corrected chi connectivity index (χ2v) is 10.6. The molecule has 1 aliphatic carbocycles. The number of sulfonamides is 1. The summed E-state index contributed by atoms with van der Waals surface area (Å²) >= 11 is 0. The van der Waals surface area contributed by atoms with E-state index in [1.165, 1.54) is 19.2 Å². The summed E-state index contributed by atoms with van der Waals surface area (Å²) in [5.74, 6) is 0.605. The van der Waals surface area contributed by atoms with E-state index in [-0.39, 0.29) is 16.2 Å². The zero-order chi connectivity index (χ0) is 25.1. The van der Waals surface area contributed by atoms with Crippen molar-refractivity contribution in [1.82, 2.24) is 15.5 Å². The molecule has 35 heavy (non-hydrogen) atoms. The van der Waals surface area contributed by atoms with Crippen molar-refractivity contribution >= 4 is 21.6 Å². The predicted molar refractivity (Wildman–Crippen MR) is 131 cm³/mol. The number of aromatic nitrogens is 2. The van der Waals surface area contributed by atoms with Crippen LogP contribution in [0.3, 0.4) is 0 Å². The molecule has 1 fully saturated rings. The standard InChI is InChI=1S/C25H30N4O5S/c1-17-8-11-20(12-9-17)29-35(31,32)22-16-19(10-13-21(22)33-3)23(30)27-25(14-6-4-5-7-15-25)24-26-18(2)34-28-24/h8-13,16,29H,4-7,14-15H2,1-3H3,(H,27,30). The Morgan fingerprint density at radius 2 is 1.71 bits per heavy atom. The second kappa shape index (κ2) is 10.1. The molecule has 0 saturated heterocycles. The largest absolute Gasteiger partial charge is 0.495 e. The number of aryl methyl sites for hydroxylation is 2. The van der Waals surface area contributed by atoms with E-state index in [9.17, 15) is 13.2 Å². The van der Waals surface area contributed by atoms with Crippen LogP contribution < -0.4 is 14.8 Å². The lowest BCUT2D eigenvalue weighted by Crippen LogP contribution is -2.46. The Balaban J connectivity index is 1.66. The highest BCUT2D eigenvalue weighted by Crippen LogP contribution is 2.35. The molecular formula is C25H30N4O5S. The number of hydrogen-bond acceptors (Lipinski definition) is 7. The third-order valence-corrected chi connectivity index (χ3v) is 7.69. The van der Waals surface area contributed by atoms with E-state index in [4.69, 9.17) is 9.26 Å². The van der Waals surface area contributed by atoms with Crippen LogP contribution in [0.4, 0.5) is 5.69 Å². The molecule has 1 amide bonds. The molecule has 0 aliphatic heterocycles. The molecule has 186 valence electrons. The molecule has 1 saturated carbocycles. The van der Waals surface area contributed by atoms with E-state index < -0.39 is 21.5 Å². The second-order valence-electron chi connectivity index (χ2n) is 8.92. The fourth-order valence-corrected chi connectivity index (χ4v) is 5.63. The Morgan fingerprint density at radius 3 is 2.31 bits per heavy atom. The monoisotopic (exact) mass is 498 g/mol. The molecule has 1 heterocycles. The van der Waals surface area contributed by atoms with Crippen molar-refractivity contribution in [2.45, 2.75) is 62.8 Å². The van der Waals surface area contributed by atoms with Gasteiger partial charge in [0, 0.05) is 18.2 Å². The van der Waals surface area contributed by atoms with Crippen LogP contribution in [-0.2, 0) is 15.6 Å². The molecule has 0 unspecified atom stereocenters. The van der Waals surface area contributed by atoms with Crippen LogP contribution in [-0.4, -0.2) is 31.6 Å². The number of amides is 1. The molecule has 0 atom stereocenters. The lowest BCUT2D eigenvalue weighted by molar-refractivity contribution is 0.0876. The maximum atomic E-state index is 13.4. The number of anilines is 1. The maximum absolute atomic E-state index is 13.4. The van der Waals surface area contributed by atoms with E-state index in [0.717, 1.165) is 31.2 Å². The van der Waals surface area contributed by atoms with Crippen molar-refractivity contribution in [1.29, 1.82) is 0 Å². The highest BCUT2D eigenvalue weighted by Gasteiger charge is 2.39. The quantitative estimate of drug-likeness (QED) is 0.461. The van der Waals surface area contributed by atoms with Gasteiger partial charge in [-0.25, -0.2) is 8.42 Å². The van der Waals surface area contributed by atoms with E-state index in [0.29, 0.717) is 30.2 Å². The fraction of sp³-hybridized carbons (Fsp3) is 0.400. The number of benzene rings is 2. The van der Waals surface area contributed by atoms with Gasteiger partial charge in [0.2, 0.25) is 5.89 Å². The summed E-state index contributed by atoms with van der Waals surface area (Å²) in [6.07, 6.45) is 5.29. The Labute approximate surface area is 205 Å².